The molecule has 0 aromatic heterocycles. The molecule has 0 saturated carbocycles. The first-order valence-electron chi connectivity index (χ1n) is 11.0. The highest BCUT2D eigenvalue weighted by molar-refractivity contribution is 7.89. The number of rotatable bonds is 4. The third-order valence-corrected chi connectivity index (χ3v) is 8.91. The molecule has 5 nitrogen and oxygen atoms in total. The van der Waals surface area contributed by atoms with Crippen molar-refractivity contribution in [1.29, 1.82) is 0 Å². The molecule has 7 heteroatoms. The number of hydrogen-bond donors (Lipinski definition) is 1. The van der Waals surface area contributed by atoms with Crippen LogP contribution in [0.2, 0.25) is 5.02 Å². The van der Waals surface area contributed by atoms with Gasteiger partial charge in [-0.1, -0.05) is 42.8 Å². The molecule has 0 bridgehead atoms. The lowest BCUT2D eigenvalue weighted by atomic mass is 10.0. The minimum atomic E-state index is -3.67. The summed E-state index contributed by atoms with van der Waals surface area (Å²) in [6, 6.07) is 14.4. The first-order chi connectivity index (χ1) is 15.3. The third-order valence-electron chi connectivity index (χ3n) is 6.69. The molecule has 1 aliphatic heterocycles. The zero-order valence-corrected chi connectivity index (χ0v) is 19.5. The fourth-order valence-corrected chi connectivity index (χ4v) is 6.46. The number of benzene rings is 3. The van der Waals surface area contributed by atoms with E-state index < -0.39 is 15.9 Å². The zero-order chi connectivity index (χ0) is 22.5. The zero-order valence-electron chi connectivity index (χ0n) is 17.9. The minimum absolute atomic E-state index is 0.0991. The van der Waals surface area contributed by atoms with E-state index in [1.807, 2.05) is 24.3 Å². The third kappa shape index (κ3) is 3.70. The van der Waals surface area contributed by atoms with Crippen LogP contribution in [0.5, 0.6) is 0 Å². The van der Waals surface area contributed by atoms with Crippen LogP contribution in [0.15, 0.2) is 53.4 Å². The Labute approximate surface area is 193 Å². The lowest BCUT2D eigenvalue weighted by molar-refractivity contribution is 0.102. The molecule has 0 radical (unpaired) electrons. The Bertz CT molecular complexity index is 1320. The summed E-state index contributed by atoms with van der Waals surface area (Å²) in [5.74, 6) is 0.101. The van der Waals surface area contributed by atoms with E-state index in [9.17, 15) is 13.2 Å². The van der Waals surface area contributed by atoms with Gasteiger partial charge in [0.05, 0.1) is 15.5 Å². The van der Waals surface area contributed by atoms with Crippen LogP contribution in [0.4, 0.5) is 5.69 Å². The van der Waals surface area contributed by atoms with Crippen molar-refractivity contribution in [2.24, 2.45) is 5.92 Å². The van der Waals surface area contributed by atoms with E-state index in [1.54, 1.807) is 0 Å². The van der Waals surface area contributed by atoms with Gasteiger partial charge in [0, 0.05) is 24.2 Å². The highest BCUT2D eigenvalue weighted by atomic mass is 35.5. The summed E-state index contributed by atoms with van der Waals surface area (Å²) in [5, 5.41) is 5.37. The fourth-order valence-electron chi connectivity index (χ4n) is 4.76. The molecule has 3 aromatic carbocycles. The minimum Gasteiger partial charge on any atom is -0.321 e. The summed E-state index contributed by atoms with van der Waals surface area (Å²) < 4.78 is 27.8. The van der Waals surface area contributed by atoms with Crippen LogP contribution in [-0.4, -0.2) is 31.7 Å². The standard InChI is InChI=1S/C25H25ClN2O3S/c1-16-11-13-28(14-12-16)32(30,31)19-8-9-22(26)21(15-19)25(29)27-23-10-7-18-6-5-17-3-2-4-20(23)24(17)18/h2-4,7-10,15-16H,5-6,11-14H2,1H3,(H,27,29). The Balaban J connectivity index is 1.46. The molecule has 1 aliphatic carbocycles. The average Bonchev–Trinajstić information content (AvgIpc) is 3.21. The summed E-state index contributed by atoms with van der Waals surface area (Å²) in [7, 11) is -3.67. The average molecular weight is 469 g/mol. The van der Waals surface area contributed by atoms with E-state index in [0.717, 1.165) is 31.1 Å². The second-order valence-corrected chi connectivity index (χ2v) is 11.1. The maximum Gasteiger partial charge on any atom is 0.257 e. The van der Waals surface area contributed by atoms with Gasteiger partial charge in [-0.05, 0) is 72.4 Å². The number of aryl methyl sites for hydroxylation is 2. The Kier molecular flexibility index (Phi) is 5.48. The normalized spacial score (nSPS) is 17.1. The van der Waals surface area contributed by atoms with Gasteiger partial charge >= 0.3 is 0 Å². The maximum atomic E-state index is 13.2. The van der Waals surface area contributed by atoms with Gasteiger partial charge in [-0.15, -0.1) is 0 Å². The van der Waals surface area contributed by atoms with Gasteiger partial charge in [0.1, 0.15) is 0 Å². The summed E-state index contributed by atoms with van der Waals surface area (Å²) in [6.07, 6.45) is 3.69. The lowest BCUT2D eigenvalue weighted by Crippen LogP contribution is -2.37. The van der Waals surface area contributed by atoms with Crippen LogP contribution in [0.3, 0.4) is 0 Å². The van der Waals surface area contributed by atoms with Crippen molar-refractivity contribution in [1.82, 2.24) is 4.31 Å². The van der Waals surface area contributed by atoms with E-state index >= 15 is 0 Å². The van der Waals surface area contributed by atoms with Gasteiger partial charge in [0.2, 0.25) is 10.0 Å². The van der Waals surface area contributed by atoms with Crippen LogP contribution in [0, 0.1) is 5.92 Å². The van der Waals surface area contributed by atoms with Crippen molar-refractivity contribution in [2.45, 2.75) is 37.5 Å². The van der Waals surface area contributed by atoms with Crippen molar-refractivity contribution >= 4 is 44.0 Å². The smallest absolute Gasteiger partial charge is 0.257 e. The Hall–Kier alpha value is -2.41. The number of anilines is 1. The number of amides is 1. The van der Waals surface area contributed by atoms with E-state index in [1.165, 1.54) is 39.0 Å². The molecule has 1 heterocycles. The van der Waals surface area contributed by atoms with Crippen molar-refractivity contribution < 1.29 is 13.2 Å². The van der Waals surface area contributed by atoms with Gasteiger partial charge in [-0.2, -0.15) is 4.31 Å². The summed E-state index contributed by atoms with van der Waals surface area (Å²) >= 11 is 6.32. The molecule has 0 unspecified atom stereocenters. The van der Waals surface area contributed by atoms with Crippen LogP contribution < -0.4 is 5.32 Å². The molecule has 1 N–H and O–H groups in total. The van der Waals surface area contributed by atoms with E-state index in [0.29, 0.717) is 24.7 Å². The molecule has 1 amide bonds. The molecule has 5 rings (SSSR count). The molecule has 3 aromatic rings. The second kappa shape index (κ2) is 8.18. The fraction of sp³-hybridized carbons (Fsp3) is 0.320. The van der Waals surface area contributed by atoms with E-state index in [2.05, 4.69) is 18.3 Å². The van der Waals surface area contributed by atoms with E-state index in [-0.39, 0.29) is 15.5 Å². The monoisotopic (exact) mass is 468 g/mol. The largest absolute Gasteiger partial charge is 0.321 e. The van der Waals surface area contributed by atoms with Crippen molar-refractivity contribution in [3.8, 4) is 0 Å². The summed E-state index contributed by atoms with van der Waals surface area (Å²) in [4.78, 5) is 13.3. The summed E-state index contributed by atoms with van der Waals surface area (Å²) in [5.41, 5.74) is 3.43. The molecular weight excluding hydrogens is 444 g/mol. The molecule has 0 spiro atoms. The first-order valence-corrected chi connectivity index (χ1v) is 12.8. The van der Waals surface area contributed by atoms with Crippen molar-refractivity contribution in [3.63, 3.8) is 0 Å². The van der Waals surface area contributed by atoms with Crippen LogP contribution in [-0.2, 0) is 22.9 Å². The Morgan fingerprint density at radius 3 is 2.50 bits per heavy atom. The first kappa shape index (κ1) is 21.4. The molecule has 2 aliphatic rings. The number of nitrogens with one attached hydrogen (secondary N) is 1. The van der Waals surface area contributed by atoms with Crippen LogP contribution in [0.25, 0.3) is 10.8 Å². The Morgan fingerprint density at radius 2 is 1.75 bits per heavy atom. The number of sulfonamides is 1. The lowest BCUT2D eigenvalue weighted by Gasteiger charge is -2.29. The number of carbonyl (C=O) groups excluding carboxylic acids is 1. The number of nitrogens with zero attached hydrogens (tertiary/aromatic N) is 1. The summed E-state index contributed by atoms with van der Waals surface area (Å²) in [6.45, 7) is 3.12. The number of carbonyl (C=O) groups is 1. The molecular formula is C25H25ClN2O3S. The maximum absolute atomic E-state index is 13.2. The van der Waals surface area contributed by atoms with Crippen LogP contribution >= 0.6 is 11.6 Å². The van der Waals surface area contributed by atoms with Gasteiger partial charge in [-0.25, -0.2) is 8.42 Å². The SMILES string of the molecule is CC1CCN(S(=O)(=O)c2ccc(Cl)c(C(=O)Nc3ccc4c5c(cccc35)CC4)c2)CC1. The van der Waals surface area contributed by atoms with Crippen molar-refractivity contribution in [3.05, 3.63) is 70.2 Å². The molecule has 166 valence electrons. The number of piperidine rings is 1. The number of hydrogen-bond acceptors (Lipinski definition) is 3. The van der Waals surface area contributed by atoms with Crippen LogP contribution in [0.1, 0.15) is 41.3 Å². The van der Waals surface area contributed by atoms with Gasteiger partial charge in [0.15, 0.2) is 0 Å². The molecule has 32 heavy (non-hydrogen) atoms. The molecule has 1 saturated heterocycles. The van der Waals surface area contributed by atoms with Crippen molar-refractivity contribution in [2.75, 3.05) is 18.4 Å². The molecule has 0 atom stereocenters. The van der Waals surface area contributed by atoms with Gasteiger partial charge in [0.25, 0.3) is 5.91 Å². The molecule has 1 fully saturated rings. The second-order valence-electron chi connectivity index (χ2n) is 8.79. The predicted molar refractivity (Wildman–Crippen MR) is 128 cm³/mol. The number of halogens is 1. The predicted octanol–water partition coefficient (Wildman–Crippen LogP) is 5.26. The highest BCUT2D eigenvalue weighted by Crippen LogP contribution is 2.35. The van der Waals surface area contributed by atoms with Gasteiger partial charge < -0.3 is 5.32 Å². The Morgan fingerprint density at radius 1 is 1.03 bits per heavy atom. The quantitative estimate of drug-likeness (QED) is 0.567. The highest BCUT2D eigenvalue weighted by Gasteiger charge is 2.29. The van der Waals surface area contributed by atoms with E-state index in [4.69, 9.17) is 11.6 Å². The van der Waals surface area contributed by atoms with Gasteiger partial charge in [-0.3, -0.25) is 4.79 Å². The topological polar surface area (TPSA) is 66.5 Å².